The van der Waals surface area contributed by atoms with E-state index >= 15 is 8.78 Å². The van der Waals surface area contributed by atoms with Crippen molar-refractivity contribution in [2.45, 2.75) is 134 Å². The summed E-state index contributed by atoms with van der Waals surface area (Å²) in [4.78, 5) is 62.8. The number of fused-ring (bicyclic) bond motifs is 3. The molecule has 0 spiro atoms. The number of carbonyl (C=O) groups is 3. The van der Waals surface area contributed by atoms with Gasteiger partial charge in [-0.15, -0.1) is 0 Å². The number of phenolic OH excluding ortho intramolecular Hbond substituents is 1. The number of imide groups is 1. The standard InChI is InChI=1S/C58H69F2N9O7/c1-3-42-46(59)8-5-35-28-39(70)29-44(49(35)42)51-50(60)52-45(30-61-51)53(68-20-4-17-57(2,74)32-68)64-56(63-52)75-34-58(18-19-58)33-65-21-13-40(14-22-65)76-41-15-25-66(26-16-41)37-11-23-67(24-12-37)38-6-7-43-36(27-38)31-69(55(43)73)47-9-10-48(71)62-54(47)72/h5-8,27-30,37,40-41,47,70,74H,3-4,9-26,31-34H2,1-2H3,(H,62,71,72)/t47?,57-/m1/s1. The summed E-state index contributed by atoms with van der Waals surface area (Å²) in [5, 5.41) is 25.7. The van der Waals surface area contributed by atoms with Crippen LogP contribution >= 0.6 is 0 Å². The molecule has 6 fully saturated rings. The first-order valence-electron chi connectivity index (χ1n) is 27.8. The van der Waals surface area contributed by atoms with E-state index in [4.69, 9.17) is 19.4 Å². The molecule has 2 aromatic heterocycles. The third kappa shape index (κ3) is 10.1. The molecule has 18 heteroatoms. The summed E-state index contributed by atoms with van der Waals surface area (Å²) in [7, 11) is 0. The van der Waals surface area contributed by atoms with Gasteiger partial charge >= 0.3 is 6.01 Å². The second kappa shape index (κ2) is 20.4. The lowest BCUT2D eigenvalue weighted by atomic mass is 9.94. The number of rotatable bonds is 13. The van der Waals surface area contributed by atoms with Gasteiger partial charge in [0.2, 0.25) is 11.8 Å². The number of piperidine rings is 5. The number of amides is 3. The third-order valence-corrected chi connectivity index (χ3v) is 17.7. The molecule has 402 valence electrons. The Bertz CT molecular complexity index is 3080. The molecule has 3 aromatic carbocycles. The van der Waals surface area contributed by atoms with E-state index in [1.807, 2.05) is 24.0 Å². The van der Waals surface area contributed by atoms with Crippen LogP contribution < -0.4 is 19.9 Å². The highest BCUT2D eigenvalue weighted by Crippen LogP contribution is 2.47. The van der Waals surface area contributed by atoms with Gasteiger partial charge in [-0.1, -0.05) is 13.0 Å². The molecule has 3 amide bonds. The zero-order chi connectivity index (χ0) is 52.5. The molecule has 6 aliphatic heterocycles. The van der Waals surface area contributed by atoms with Gasteiger partial charge < -0.3 is 44.2 Å². The van der Waals surface area contributed by atoms with Gasteiger partial charge in [0, 0.05) is 106 Å². The van der Waals surface area contributed by atoms with Crippen LogP contribution in [0.4, 0.5) is 20.3 Å². The van der Waals surface area contributed by atoms with Crippen LogP contribution in [-0.4, -0.2) is 153 Å². The molecule has 1 unspecified atom stereocenters. The number of aryl methyl sites for hydroxylation is 1. The summed E-state index contributed by atoms with van der Waals surface area (Å²) in [6.07, 6.45) is 12.5. The number of hydrogen-bond donors (Lipinski definition) is 3. The molecule has 5 saturated heterocycles. The molecule has 16 nitrogen and oxygen atoms in total. The minimum atomic E-state index is -0.967. The maximum Gasteiger partial charge on any atom is 0.319 e. The lowest BCUT2D eigenvalue weighted by Crippen LogP contribution is -2.52. The lowest BCUT2D eigenvalue weighted by Gasteiger charge is -2.43. The molecule has 8 heterocycles. The lowest BCUT2D eigenvalue weighted by molar-refractivity contribution is -0.136. The van der Waals surface area contributed by atoms with Crippen molar-refractivity contribution in [3.05, 3.63) is 77.0 Å². The molecular weight excluding hydrogens is 973 g/mol. The number of ether oxygens (including phenoxy) is 2. The molecule has 2 atom stereocenters. The number of nitrogens with one attached hydrogen (secondary N) is 1. The van der Waals surface area contributed by atoms with Crippen molar-refractivity contribution in [2.75, 3.05) is 75.3 Å². The zero-order valence-corrected chi connectivity index (χ0v) is 43.7. The Hall–Kier alpha value is -6.08. The Morgan fingerprint density at radius 3 is 2.33 bits per heavy atom. The summed E-state index contributed by atoms with van der Waals surface area (Å²) in [6, 6.07) is 11.9. The van der Waals surface area contributed by atoms with Crippen molar-refractivity contribution >= 4 is 50.9 Å². The fourth-order valence-corrected chi connectivity index (χ4v) is 13.3. The largest absolute Gasteiger partial charge is 0.508 e. The van der Waals surface area contributed by atoms with E-state index in [0.29, 0.717) is 84.6 Å². The number of aromatic nitrogens is 3. The van der Waals surface area contributed by atoms with Crippen molar-refractivity contribution in [3.63, 3.8) is 0 Å². The zero-order valence-electron chi connectivity index (χ0n) is 43.7. The highest BCUT2D eigenvalue weighted by molar-refractivity contribution is 6.06. The average Bonchev–Trinajstić information content (AvgIpc) is 4.18. The molecule has 5 aromatic rings. The Morgan fingerprint density at radius 2 is 1.61 bits per heavy atom. The first-order valence-corrected chi connectivity index (χ1v) is 27.8. The van der Waals surface area contributed by atoms with E-state index in [2.05, 4.69) is 31.1 Å². The number of carbonyl (C=O) groups excluding carboxylic acids is 3. The van der Waals surface area contributed by atoms with Crippen LogP contribution in [0.2, 0.25) is 0 Å². The molecule has 0 radical (unpaired) electrons. The summed E-state index contributed by atoms with van der Waals surface area (Å²) >= 11 is 0. The van der Waals surface area contributed by atoms with Crippen LogP contribution in [0.5, 0.6) is 11.8 Å². The van der Waals surface area contributed by atoms with Gasteiger partial charge in [-0.25, -0.2) is 8.78 Å². The Morgan fingerprint density at radius 1 is 0.842 bits per heavy atom. The van der Waals surface area contributed by atoms with Crippen LogP contribution in [0.25, 0.3) is 32.9 Å². The van der Waals surface area contributed by atoms with E-state index in [9.17, 15) is 24.6 Å². The van der Waals surface area contributed by atoms with E-state index in [1.54, 1.807) is 24.0 Å². The Labute approximate surface area is 441 Å². The molecule has 12 rings (SSSR count). The van der Waals surface area contributed by atoms with Gasteiger partial charge in [0.25, 0.3) is 5.91 Å². The van der Waals surface area contributed by atoms with Gasteiger partial charge in [0.05, 0.1) is 29.8 Å². The van der Waals surface area contributed by atoms with Crippen LogP contribution in [0.15, 0.2) is 48.7 Å². The van der Waals surface area contributed by atoms with E-state index in [-0.39, 0.29) is 70.3 Å². The second-order valence-corrected chi connectivity index (χ2v) is 23.1. The number of phenols is 1. The van der Waals surface area contributed by atoms with E-state index < -0.39 is 23.3 Å². The minimum Gasteiger partial charge on any atom is -0.508 e. The Kier molecular flexibility index (Phi) is 13.6. The van der Waals surface area contributed by atoms with Crippen molar-refractivity contribution in [1.29, 1.82) is 0 Å². The van der Waals surface area contributed by atoms with Gasteiger partial charge in [-0.3, -0.25) is 24.7 Å². The van der Waals surface area contributed by atoms with Crippen molar-refractivity contribution in [2.24, 2.45) is 5.41 Å². The number of aromatic hydroxyl groups is 1. The van der Waals surface area contributed by atoms with Crippen molar-refractivity contribution in [1.82, 2.24) is 35.0 Å². The smallest absolute Gasteiger partial charge is 0.319 e. The number of hydrogen-bond acceptors (Lipinski definition) is 14. The molecule has 3 N–H and O–H groups in total. The van der Waals surface area contributed by atoms with Gasteiger partial charge in [0.15, 0.2) is 5.82 Å². The molecule has 0 bridgehead atoms. The summed E-state index contributed by atoms with van der Waals surface area (Å²) in [5.74, 6) is -1.60. The first kappa shape index (κ1) is 50.7. The Balaban J connectivity index is 0.636. The van der Waals surface area contributed by atoms with Crippen LogP contribution in [0.1, 0.15) is 112 Å². The van der Waals surface area contributed by atoms with Gasteiger partial charge in [-0.05, 0) is 142 Å². The molecule has 76 heavy (non-hydrogen) atoms. The highest BCUT2D eigenvalue weighted by Gasteiger charge is 2.46. The maximum absolute atomic E-state index is 17.2. The molecular formula is C58H69F2N9O7. The number of β-amino-alcohol motifs (C(OH)–C–C–N with tert-alkyl or cyclic N) is 1. The van der Waals surface area contributed by atoms with Crippen LogP contribution in [-0.2, 0) is 27.3 Å². The fraction of sp³-hybridized carbons (Fsp3) is 0.552. The number of nitrogens with zero attached hydrogens (tertiary/aromatic N) is 8. The van der Waals surface area contributed by atoms with Gasteiger partial charge in [0.1, 0.15) is 34.6 Å². The summed E-state index contributed by atoms with van der Waals surface area (Å²) in [6.45, 7) is 12.0. The molecule has 1 aliphatic carbocycles. The van der Waals surface area contributed by atoms with Crippen LogP contribution in [0, 0.1) is 17.0 Å². The monoisotopic (exact) mass is 1040 g/mol. The minimum absolute atomic E-state index is 0.0107. The van der Waals surface area contributed by atoms with Crippen LogP contribution in [0.3, 0.4) is 0 Å². The normalized spacial score (nSPS) is 24.2. The number of aliphatic hydroxyl groups is 1. The number of halogens is 2. The molecule has 7 aliphatic rings. The summed E-state index contributed by atoms with van der Waals surface area (Å²) in [5.41, 5.74) is 2.29. The summed E-state index contributed by atoms with van der Waals surface area (Å²) < 4.78 is 45.6. The van der Waals surface area contributed by atoms with Crippen molar-refractivity contribution < 1.29 is 42.9 Å². The number of pyridine rings is 1. The highest BCUT2D eigenvalue weighted by atomic mass is 19.1. The predicted octanol–water partition coefficient (Wildman–Crippen LogP) is 7.28. The SMILES string of the molecule is CCc1c(F)ccc2cc(O)cc(-c3ncc4c(N5CCC[C@@](C)(O)C5)nc(OCC5(CN6CCC(OC7CCN(C8CCN(c9ccc%10c(c9)CN(C9CCC(=O)NC9=O)C%10=O)CC8)CC7)CC6)CC5)nc4c3F)c12. The topological polar surface area (TPSA) is 177 Å². The number of likely N-dealkylation sites (tertiary alicyclic amines) is 2. The van der Waals surface area contributed by atoms with E-state index in [0.717, 1.165) is 115 Å². The second-order valence-electron chi connectivity index (χ2n) is 23.1. The first-order chi connectivity index (χ1) is 36.7. The van der Waals surface area contributed by atoms with Crippen molar-refractivity contribution in [3.8, 4) is 23.0 Å². The number of benzene rings is 3. The molecule has 1 saturated carbocycles. The van der Waals surface area contributed by atoms with E-state index in [1.165, 1.54) is 18.3 Å². The fourth-order valence-electron chi connectivity index (χ4n) is 13.3. The number of anilines is 2. The maximum atomic E-state index is 17.2. The average molecular weight is 1040 g/mol. The predicted molar refractivity (Wildman–Crippen MR) is 283 cm³/mol. The van der Waals surface area contributed by atoms with Gasteiger partial charge in [-0.2, -0.15) is 9.97 Å². The quantitative estimate of drug-likeness (QED) is 0.100. The third-order valence-electron chi connectivity index (χ3n) is 17.7.